The van der Waals surface area contributed by atoms with Crippen LogP contribution in [0.25, 0.3) is 10.8 Å². The van der Waals surface area contributed by atoms with Crippen LogP contribution >= 0.6 is 0 Å². The van der Waals surface area contributed by atoms with Crippen LogP contribution < -0.4 is 9.84 Å². The SMILES string of the molecule is O=C(Cc1ccc2ccccc2c1)C1CN(C(=O)[O-])CCC1c1ccc(OCCCOCc2ccccc2)cc1. The van der Waals surface area contributed by atoms with Crippen LogP contribution in [0.15, 0.2) is 97.1 Å². The van der Waals surface area contributed by atoms with Crippen molar-refractivity contribution >= 4 is 22.6 Å². The molecule has 40 heavy (non-hydrogen) atoms. The zero-order chi connectivity index (χ0) is 27.7. The normalized spacial score (nSPS) is 17.1. The van der Waals surface area contributed by atoms with Gasteiger partial charge >= 0.3 is 0 Å². The van der Waals surface area contributed by atoms with E-state index in [-0.39, 0.29) is 24.7 Å². The van der Waals surface area contributed by atoms with E-state index < -0.39 is 12.0 Å². The number of ether oxygens (including phenoxy) is 2. The molecule has 1 amide bonds. The van der Waals surface area contributed by atoms with Crippen LogP contribution in [0.1, 0.15) is 35.4 Å². The van der Waals surface area contributed by atoms with Gasteiger partial charge in [0.05, 0.1) is 19.8 Å². The molecule has 5 rings (SSSR count). The van der Waals surface area contributed by atoms with Gasteiger partial charge in [-0.25, -0.2) is 0 Å². The molecule has 1 saturated heterocycles. The number of ketones is 1. The fraction of sp³-hybridized carbons (Fsp3) is 0.294. The number of carbonyl (C=O) groups excluding carboxylic acids is 2. The molecule has 2 atom stereocenters. The van der Waals surface area contributed by atoms with Gasteiger partial charge in [0, 0.05) is 31.8 Å². The lowest BCUT2D eigenvalue weighted by atomic mass is 9.77. The monoisotopic (exact) mass is 536 g/mol. The minimum absolute atomic E-state index is 0.0436. The number of benzene rings is 4. The van der Waals surface area contributed by atoms with E-state index in [1.165, 1.54) is 4.90 Å². The topological polar surface area (TPSA) is 78.9 Å². The summed E-state index contributed by atoms with van der Waals surface area (Å²) in [5, 5.41) is 13.8. The summed E-state index contributed by atoms with van der Waals surface area (Å²) in [7, 11) is 0. The fourth-order valence-electron chi connectivity index (χ4n) is 5.45. The molecule has 1 heterocycles. The number of amides is 1. The minimum atomic E-state index is -1.22. The number of fused-ring (bicyclic) bond motifs is 1. The van der Waals surface area contributed by atoms with Crippen molar-refractivity contribution < 1.29 is 24.2 Å². The van der Waals surface area contributed by atoms with Gasteiger partial charge in [0.15, 0.2) is 0 Å². The molecule has 1 aliphatic rings. The molecule has 1 fully saturated rings. The predicted molar refractivity (Wildman–Crippen MR) is 153 cm³/mol. The summed E-state index contributed by atoms with van der Waals surface area (Å²) in [4.78, 5) is 26.5. The molecule has 0 aromatic heterocycles. The number of carbonyl (C=O) groups is 2. The maximum Gasteiger partial charge on any atom is 0.142 e. The van der Waals surface area contributed by atoms with Gasteiger partial charge in [-0.05, 0) is 51.9 Å². The lowest BCUT2D eigenvalue weighted by Gasteiger charge is -2.39. The van der Waals surface area contributed by atoms with Crippen molar-refractivity contribution in [1.82, 2.24) is 4.90 Å². The third-order valence-corrected chi connectivity index (χ3v) is 7.60. The van der Waals surface area contributed by atoms with Gasteiger partial charge in [0.2, 0.25) is 0 Å². The van der Waals surface area contributed by atoms with Gasteiger partial charge in [-0.15, -0.1) is 0 Å². The Labute approximate surface area is 235 Å². The van der Waals surface area contributed by atoms with E-state index in [9.17, 15) is 14.7 Å². The average molecular weight is 537 g/mol. The van der Waals surface area contributed by atoms with Gasteiger partial charge in [0.1, 0.15) is 17.6 Å². The van der Waals surface area contributed by atoms with Gasteiger partial charge in [0.25, 0.3) is 0 Å². The van der Waals surface area contributed by atoms with Crippen LogP contribution in [-0.2, 0) is 22.6 Å². The van der Waals surface area contributed by atoms with E-state index in [1.54, 1.807) is 0 Å². The number of hydrogen-bond donors (Lipinski definition) is 0. The summed E-state index contributed by atoms with van der Waals surface area (Å²) < 4.78 is 11.6. The Morgan fingerprint density at radius 3 is 2.35 bits per heavy atom. The number of piperidine rings is 1. The van der Waals surface area contributed by atoms with E-state index >= 15 is 0 Å². The molecule has 6 heteroatoms. The lowest BCUT2D eigenvalue weighted by molar-refractivity contribution is -0.267. The summed E-state index contributed by atoms with van der Waals surface area (Å²) in [6.45, 7) is 2.26. The van der Waals surface area contributed by atoms with Gasteiger partial charge in [-0.1, -0.05) is 84.9 Å². The van der Waals surface area contributed by atoms with Crippen LogP contribution in [0.2, 0.25) is 0 Å². The first kappa shape index (κ1) is 27.4. The van der Waals surface area contributed by atoms with Crippen molar-refractivity contribution in [2.45, 2.75) is 31.8 Å². The molecule has 4 aromatic rings. The molecule has 0 N–H and O–H groups in total. The Morgan fingerprint density at radius 1 is 0.825 bits per heavy atom. The molecule has 2 unspecified atom stereocenters. The zero-order valence-corrected chi connectivity index (χ0v) is 22.5. The Kier molecular flexibility index (Phi) is 9.09. The smallest absolute Gasteiger partial charge is 0.142 e. The Bertz CT molecular complexity index is 1420. The summed E-state index contributed by atoms with van der Waals surface area (Å²) in [6.07, 6.45) is 0.391. The zero-order valence-electron chi connectivity index (χ0n) is 22.5. The quantitative estimate of drug-likeness (QED) is 0.240. The predicted octanol–water partition coefficient (Wildman–Crippen LogP) is 5.39. The summed E-state index contributed by atoms with van der Waals surface area (Å²) in [6, 6.07) is 32.0. The average Bonchev–Trinajstić information content (AvgIpc) is 2.99. The summed E-state index contributed by atoms with van der Waals surface area (Å²) >= 11 is 0. The minimum Gasteiger partial charge on any atom is -0.530 e. The second kappa shape index (κ2) is 13.3. The van der Waals surface area contributed by atoms with Crippen LogP contribution in [0, 0.1) is 5.92 Å². The first-order valence-electron chi connectivity index (χ1n) is 13.9. The standard InChI is InChI=1S/C34H35NO5/c36-33(22-26-11-12-27-9-4-5-10-29(27)21-26)32-23-35(34(37)38)18-17-31(32)28-13-15-30(16-14-28)40-20-6-19-39-24-25-7-2-1-3-8-25/h1-5,7-16,21,31-32H,6,17-20,22-24H2,(H,37,38)/p-1. The van der Waals surface area contributed by atoms with Gasteiger partial charge < -0.3 is 24.3 Å². The Hall–Kier alpha value is -4.16. The second-order valence-corrected chi connectivity index (χ2v) is 10.3. The van der Waals surface area contributed by atoms with E-state index in [0.29, 0.717) is 32.8 Å². The summed E-state index contributed by atoms with van der Waals surface area (Å²) in [5.41, 5.74) is 3.11. The third-order valence-electron chi connectivity index (χ3n) is 7.60. The van der Waals surface area contributed by atoms with Crippen LogP contribution in [0.4, 0.5) is 4.79 Å². The van der Waals surface area contributed by atoms with E-state index in [0.717, 1.165) is 39.6 Å². The first-order valence-corrected chi connectivity index (χ1v) is 13.9. The van der Waals surface area contributed by atoms with Crippen molar-refractivity contribution in [3.05, 3.63) is 114 Å². The third kappa shape index (κ3) is 7.07. The Balaban J connectivity index is 1.18. The number of rotatable bonds is 11. The van der Waals surface area contributed by atoms with Crippen molar-refractivity contribution in [3.63, 3.8) is 0 Å². The van der Waals surface area contributed by atoms with Gasteiger partial charge in [-0.3, -0.25) is 4.79 Å². The molecular weight excluding hydrogens is 502 g/mol. The molecule has 206 valence electrons. The van der Waals surface area contributed by atoms with Crippen molar-refractivity contribution in [2.24, 2.45) is 5.92 Å². The van der Waals surface area contributed by atoms with Crippen LogP contribution in [0.5, 0.6) is 5.75 Å². The molecule has 6 nitrogen and oxygen atoms in total. The molecule has 0 aliphatic carbocycles. The van der Waals surface area contributed by atoms with E-state index in [1.807, 2.05) is 97.1 Å². The van der Waals surface area contributed by atoms with E-state index in [4.69, 9.17) is 9.47 Å². The molecule has 0 saturated carbocycles. The van der Waals surface area contributed by atoms with Crippen LogP contribution in [0.3, 0.4) is 0 Å². The molecule has 0 spiro atoms. The highest BCUT2D eigenvalue weighted by molar-refractivity contribution is 5.88. The molecule has 4 aromatic carbocycles. The number of likely N-dealkylation sites (tertiary alicyclic amines) is 1. The Morgan fingerprint density at radius 2 is 1.57 bits per heavy atom. The first-order chi connectivity index (χ1) is 19.6. The highest BCUT2D eigenvalue weighted by atomic mass is 16.5. The number of Topliss-reactive ketones (excluding diaryl/α,β-unsaturated/α-hetero) is 1. The van der Waals surface area contributed by atoms with Crippen molar-refractivity contribution in [2.75, 3.05) is 26.3 Å². The van der Waals surface area contributed by atoms with Gasteiger partial charge in [-0.2, -0.15) is 0 Å². The highest BCUT2D eigenvalue weighted by Gasteiger charge is 2.35. The maximum atomic E-state index is 13.6. The van der Waals surface area contributed by atoms with Crippen molar-refractivity contribution in [3.8, 4) is 5.75 Å². The molecular formula is C34H34NO5-. The van der Waals surface area contributed by atoms with E-state index in [2.05, 4.69) is 0 Å². The lowest BCUT2D eigenvalue weighted by Crippen LogP contribution is -2.50. The largest absolute Gasteiger partial charge is 0.530 e. The number of hydrogen-bond acceptors (Lipinski definition) is 5. The summed E-state index contributed by atoms with van der Waals surface area (Å²) in [5.74, 6) is 0.302. The fourth-order valence-corrected chi connectivity index (χ4v) is 5.45. The molecule has 0 radical (unpaired) electrons. The maximum absolute atomic E-state index is 13.6. The highest BCUT2D eigenvalue weighted by Crippen LogP contribution is 2.35. The molecule has 0 bridgehead atoms. The van der Waals surface area contributed by atoms with Crippen LogP contribution in [-0.4, -0.2) is 43.1 Å². The number of nitrogens with zero attached hydrogens (tertiary/aromatic N) is 1. The van der Waals surface area contributed by atoms with Crippen molar-refractivity contribution in [1.29, 1.82) is 0 Å². The number of carboxylic acid groups (broad SMARTS) is 1. The second-order valence-electron chi connectivity index (χ2n) is 10.3. The molecule has 1 aliphatic heterocycles.